The molecule has 0 atom stereocenters. The van der Waals surface area contributed by atoms with E-state index in [0.717, 1.165) is 15.7 Å². The number of carbonyl (C=O) groups excluding carboxylic acids is 1. The lowest BCUT2D eigenvalue weighted by molar-refractivity contribution is -0.118. The van der Waals surface area contributed by atoms with Crippen molar-refractivity contribution in [2.75, 3.05) is 5.32 Å². The molecule has 0 unspecified atom stereocenters. The molecule has 1 heterocycles. The highest BCUT2D eigenvalue weighted by Crippen LogP contribution is 2.23. The van der Waals surface area contributed by atoms with Crippen LogP contribution in [0.4, 0.5) is 5.69 Å². The highest BCUT2D eigenvalue weighted by atomic mass is 79.9. The molecule has 100 valence electrons. The Morgan fingerprint density at radius 3 is 3.00 bits per heavy atom. The van der Waals surface area contributed by atoms with Crippen molar-refractivity contribution in [3.63, 3.8) is 0 Å². The van der Waals surface area contributed by atoms with Crippen molar-refractivity contribution in [3.8, 4) is 0 Å². The molecule has 0 spiro atoms. The fraction of sp³-hybridized carbons (Fsp3) is 0.167. The first kappa shape index (κ1) is 13.9. The lowest BCUT2D eigenvalue weighted by atomic mass is 10.2. The van der Waals surface area contributed by atoms with Gasteiger partial charge in [-0.3, -0.25) is 9.48 Å². The number of hydrogen-bond donors (Lipinski definition) is 2. The van der Waals surface area contributed by atoms with E-state index in [0.29, 0.717) is 11.6 Å². The molecule has 0 bridgehead atoms. The Labute approximate surface area is 123 Å². The Hall–Kier alpha value is -1.53. The summed E-state index contributed by atoms with van der Waals surface area (Å²) in [6, 6.07) is 5.75. The Balaban J connectivity index is 1.96. The van der Waals surface area contributed by atoms with Gasteiger partial charge in [-0.25, -0.2) is 0 Å². The van der Waals surface area contributed by atoms with E-state index in [1.807, 2.05) is 18.2 Å². The third-order valence-corrected chi connectivity index (χ3v) is 3.66. The van der Waals surface area contributed by atoms with Gasteiger partial charge >= 0.3 is 0 Å². The molecule has 1 amide bonds. The first-order valence-electron chi connectivity index (χ1n) is 5.53. The molecule has 0 fully saturated rings. The molecule has 0 saturated carbocycles. The van der Waals surface area contributed by atoms with E-state index in [1.54, 1.807) is 12.4 Å². The zero-order valence-corrected chi connectivity index (χ0v) is 12.3. The van der Waals surface area contributed by atoms with Crippen LogP contribution in [0.5, 0.6) is 0 Å². The van der Waals surface area contributed by atoms with Crippen molar-refractivity contribution in [3.05, 3.63) is 45.7 Å². The van der Waals surface area contributed by atoms with Crippen LogP contribution in [0.15, 0.2) is 35.1 Å². The number of carbonyl (C=O) groups is 1. The smallest absolute Gasteiger partial charge is 0.239 e. The fourth-order valence-corrected chi connectivity index (χ4v) is 2.00. The first-order chi connectivity index (χ1) is 9.04. The normalized spacial score (nSPS) is 10.4. The lowest BCUT2D eigenvalue weighted by Gasteiger charge is -2.05. The molecule has 3 N–H and O–H groups in total. The summed E-state index contributed by atoms with van der Waals surface area (Å²) < 4.78 is 2.35. The van der Waals surface area contributed by atoms with Crippen LogP contribution in [0.2, 0.25) is 5.02 Å². The zero-order chi connectivity index (χ0) is 13.8. The third kappa shape index (κ3) is 3.97. The molecule has 0 aliphatic rings. The maximum absolute atomic E-state index is 10.7. The van der Waals surface area contributed by atoms with Gasteiger partial charge in [0.15, 0.2) is 0 Å². The van der Waals surface area contributed by atoms with Crippen molar-refractivity contribution in [1.29, 1.82) is 0 Å². The summed E-state index contributed by atoms with van der Waals surface area (Å²) in [7, 11) is 0. The number of nitrogens with two attached hydrogens (primary N) is 1. The molecule has 1 aromatic carbocycles. The highest BCUT2D eigenvalue weighted by Gasteiger charge is 2.02. The van der Waals surface area contributed by atoms with Gasteiger partial charge in [0.2, 0.25) is 5.91 Å². The Bertz CT molecular complexity index is 599. The van der Waals surface area contributed by atoms with E-state index in [1.165, 1.54) is 4.68 Å². The second kappa shape index (κ2) is 6.08. The molecule has 2 rings (SSSR count). The Morgan fingerprint density at radius 1 is 1.53 bits per heavy atom. The number of aromatic nitrogens is 2. The van der Waals surface area contributed by atoms with Crippen LogP contribution < -0.4 is 11.1 Å². The molecule has 0 aliphatic carbocycles. The van der Waals surface area contributed by atoms with Crippen LogP contribution in [0.3, 0.4) is 0 Å². The molecule has 0 aliphatic heterocycles. The Morgan fingerprint density at radius 2 is 2.32 bits per heavy atom. The first-order valence-corrected chi connectivity index (χ1v) is 6.70. The van der Waals surface area contributed by atoms with E-state index in [9.17, 15) is 4.79 Å². The van der Waals surface area contributed by atoms with Gasteiger partial charge < -0.3 is 11.1 Å². The van der Waals surface area contributed by atoms with E-state index in [2.05, 4.69) is 26.3 Å². The average Bonchev–Trinajstić information content (AvgIpc) is 2.77. The summed E-state index contributed by atoms with van der Waals surface area (Å²) in [5, 5.41) is 7.88. The number of hydrogen-bond acceptors (Lipinski definition) is 3. The third-order valence-electron chi connectivity index (χ3n) is 2.43. The lowest BCUT2D eigenvalue weighted by Crippen LogP contribution is -2.18. The van der Waals surface area contributed by atoms with Crippen LogP contribution in [0.25, 0.3) is 0 Å². The molecule has 0 radical (unpaired) electrons. The minimum Gasteiger partial charge on any atom is -0.378 e. The number of halogens is 2. The van der Waals surface area contributed by atoms with Crippen molar-refractivity contribution < 1.29 is 4.79 Å². The van der Waals surface area contributed by atoms with Gasteiger partial charge in [-0.1, -0.05) is 17.7 Å². The highest BCUT2D eigenvalue weighted by molar-refractivity contribution is 9.10. The van der Waals surface area contributed by atoms with Crippen LogP contribution in [-0.4, -0.2) is 15.7 Å². The summed E-state index contributed by atoms with van der Waals surface area (Å²) in [5.41, 5.74) is 6.96. The monoisotopic (exact) mass is 342 g/mol. The summed E-state index contributed by atoms with van der Waals surface area (Å²) in [6.45, 7) is 0.695. The SMILES string of the molecule is NC(=O)Cn1cc(NCc2ccc(Br)c(Cl)c2)cn1. The predicted molar refractivity (Wildman–Crippen MR) is 77.9 cm³/mol. The fourth-order valence-electron chi connectivity index (χ4n) is 1.55. The van der Waals surface area contributed by atoms with E-state index in [-0.39, 0.29) is 6.54 Å². The zero-order valence-electron chi connectivity index (χ0n) is 9.94. The largest absolute Gasteiger partial charge is 0.378 e. The van der Waals surface area contributed by atoms with Gasteiger partial charge in [-0.2, -0.15) is 5.10 Å². The number of nitrogens with zero attached hydrogens (tertiary/aromatic N) is 2. The van der Waals surface area contributed by atoms with E-state index < -0.39 is 5.91 Å². The molecule has 0 saturated heterocycles. The topological polar surface area (TPSA) is 72.9 Å². The van der Waals surface area contributed by atoms with E-state index >= 15 is 0 Å². The van der Waals surface area contributed by atoms with Crippen molar-refractivity contribution in [2.45, 2.75) is 13.1 Å². The van der Waals surface area contributed by atoms with Gasteiger partial charge in [-0.05, 0) is 33.6 Å². The van der Waals surface area contributed by atoms with E-state index in [4.69, 9.17) is 17.3 Å². The van der Waals surface area contributed by atoms with Gasteiger partial charge in [0.25, 0.3) is 0 Å². The van der Waals surface area contributed by atoms with Crippen LogP contribution in [0.1, 0.15) is 5.56 Å². The molecule has 19 heavy (non-hydrogen) atoms. The van der Waals surface area contributed by atoms with Gasteiger partial charge in [-0.15, -0.1) is 0 Å². The summed E-state index contributed by atoms with van der Waals surface area (Å²) in [6.07, 6.45) is 3.37. The number of nitrogens with one attached hydrogen (secondary N) is 1. The van der Waals surface area contributed by atoms with Crippen LogP contribution >= 0.6 is 27.5 Å². The number of amides is 1. The maximum atomic E-state index is 10.7. The molecule has 7 heteroatoms. The van der Waals surface area contributed by atoms with Gasteiger partial charge in [0, 0.05) is 17.2 Å². The second-order valence-corrected chi connectivity index (χ2v) is 5.26. The Kier molecular flexibility index (Phi) is 4.44. The predicted octanol–water partition coefficient (Wildman–Crippen LogP) is 2.40. The average molecular weight is 344 g/mol. The quantitative estimate of drug-likeness (QED) is 0.875. The van der Waals surface area contributed by atoms with Crippen molar-refractivity contribution >= 4 is 39.1 Å². The van der Waals surface area contributed by atoms with Gasteiger partial charge in [0.1, 0.15) is 6.54 Å². The maximum Gasteiger partial charge on any atom is 0.239 e. The van der Waals surface area contributed by atoms with Crippen LogP contribution in [0, 0.1) is 0 Å². The summed E-state index contributed by atoms with van der Waals surface area (Å²) in [4.78, 5) is 10.7. The molecule has 2 aromatic rings. The van der Waals surface area contributed by atoms with Gasteiger partial charge in [0.05, 0.1) is 16.9 Å². The number of primary amides is 1. The minimum atomic E-state index is -0.422. The molecule has 1 aromatic heterocycles. The summed E-state index contributed by atoms with van der Waals surface area (Å²) in [5.74, 6) is -0.422. The molecular weight excluding hydrogens is 332 g/mol. The standard InChI is InChI=1S/C12H12BrClN4O/c13-10-2-1-8(3-11(10)14)4-16-9-5-17-18(6-9)7-12(15)19/h1-3,5-6,16H,4,7H2,(H2,15,19). The second-order valence-electron chi connectivity index (χ2n) is 3.99. The number of anilines is 1. The molecule has 5 nitrogen and oxygen atoms in total. The van der Waals surface area contributed by atoms with Crippen LogP contribution in [-0.2, 0) is 17.9 Å². The summed E-state index contributed by atoms with van der Waals surface area (Å²) >= 11 is 9.36. The molecular formula is C12H12BrClN4O. The van der Waals surface area contributed by atoms with Crippen molar-refractivity contribution in [1.82, 2.24) is 9.78 Å². The van der Waals surface area contributed by atoms with Crippen molar-refractivity contribution in [2.24, 2.45) is 5.73 Å². The minimum absolute atomic E-state index is 0.0752. The number of rotatable bonds is 5. The number of benzene rings is 1.